The molecular weight excluding hydrogens is 337 g/mol. The van der Waals surface area contributed by atoms with Crippen LogP contribution in [0.25, 0.3) is 0 Å². The van der Waals surface area contributed by atoms with E-state index in [1.165, 1.54) is 36.4 Å². The van der Waals surface area contributed by atoms with Gasteiger partial charge in [0.25, 0.3) is 5.91 Å². The van der Waals surface area contributed by atoms with Crippen LogP contribution < -0.4 is 5.32 Å². The minimum absolute atomic E-state index is 0.0239. The summed E-state index contributed by atoms with van der Waals surface area (Å²) in [5.74, 6) is -1.26. The molecule has 2 aromatic carbocycles. The number of phenolic OH excluding ortho intramolecular Hbond substituents is 1. The van der Waals surface area contributed by atoms with E-state index in [0.29, 0.717) is 9.50 Å². The molecule has 1 amide bonds. The number of rotatable bonds is 2. The number of halogens is 3. The highest BCUT2D eigenvalue weighted by Gasteiger charge is 2.12. The van der Waals surface area contributed by atoms with E-state index >= 15 is 0 Å². The maximum absolute atomic E-state index is 13.3. The monoisotopic (exact) mass is 343 g/mol. The fourth-order valence-electron chi connectivity index (χ4n) is 1.46. The van der Waals surface area contributed by atoms with Crippen molar-refractivity contribution in [3.05, 3.63) is 57.3 Å². The van der Waals surface area contributed by atoms with E-state index in [4.69, 9.17) is 11.6 Å². The van der Waals surface area contributed by atoms with Gasteiger partial charge in [0.05, 0.1) is 10.0 Å². The average Bonchev–Trinajstić information content (AvgIpc) is 2.36. The Morgan fingerprint density at radius 2 is 2.00 bits per heavy atom. The topological polar surface area (TPSA) is 49.3 Å². The van der Waals surface area contributed by atoms with Gasteiger partial charge in [-0.15, -0.1) is 0 Å². The highest BCUT2D eigenvalue weighted by molar-refractivity contribution is 9.10. The minimum Gasteiger partial charge on any atom is -0.507 e. The van der Waals surface area contributed by atoms with Crippen LogP contribution in [0.5, 0.6) is 5.75 Å². The minimum atomic E-state index is -0.568. The van der Waals surface area contributed by atoms with Gasteiger partial charge in [0.15, 0.2) is 0 Å². The van der Waals surface area contributed by atoms with Crippen molar-refractivity contribution in [2.24, 2.45) is 0 Å². The third-order valence-corrected chi connectivity index (χ3v) is 3.26. The molecule has 2 aromatic rings. The van der Waals surface area contributed by atoms with Crippen LogP contribution >= 0.6 is 27.5 Å². The molecule has 19 heavy (non-hydrogen) atoms. The second-order valence-corrected chi connectivity index (χ2v) is 5.04. The summed E-state index contributed by atoms with van der Waals surface area (Å²) < 4.78 is 13.6. The zero-order valence-corrected chi connectivity index (χ0v) is 11.8. The molecule has 0 saturated carbocycles. The predicted molar refractivity (Wildman–Crippen MR) is 75.2 cm³/mol. The van der Waals surface area contributed by atoms with Gasteiger partial charge >= 0.3 is 0 Å². The lowest BCUT2D eigenvalue weighted by atomic mass is 10.2. The van der Waals surface area contributed by atoms with Crippen molar-refractivity contribution in [2.75, 3.05) is 5.32 Å². The van der Waals surface area contributed by atoms with Gasteiger partial charge in [-0.1, -0.05) is 11.6 Å². The van der Waals surface area contributed by atoms with Gasteiger partial charge in [-0.05, 0) is 52.3 Å². The van der Waals surface area contributed by atoms with Crippen molar-refractivity contribution in [3.8, 4) is 5.75 Å². The zero-order chi connectivity index (χ0) is 14.0. The molecule has 0 unspecified atom stereocenters. The summed E-state index contributed by atoms with van der Waals surface area (Å²) in [6.45, 7) is 0. The standard InChI is InChI=1S/C13H8BrClFNO2/c14-10-3-2-8(6-11(10)16)17-13(19)9-5-7(15)1-4-12(9)18/h1-6,18H,(H,17,19). The molecule has 0 spiro atoms. The van der Waals surface area contributed by atoms with E-state index in [1.807, 2.05) is 0 Å². The third-order valence-electron chi connectivity index (χ3n) is 2.38. The SMILES string of the molecule is O=C(Nc1ccc(Br)c(F)c1)c1cc(Cl)ccc1O. The lowest BCUT2D eigenvalue weighted by molar-refractivity contribution is 0.102. The molecule has 0 aliphatic rings. The number of aromatic hydroxyl groups is 1. The van der Waals surface area contributed by atoms with Gasteiger partial charge in [0.1, 0.15) is 11.6 Å². The number of carbonyl (C=O) groups excluding carboxylic acids is 1. The summed E-state index contributed by atoms with van der Waals surface area (Å²) in [5, 5.41) is 12.4. The fraction of sp³-hybridized carbons (Fsp3) is 0. The summed E-state index contributed by atoms with van der Waals surface area (Å²) >= 11 is 8.77. The third kappa shape index (κ3) is 3.24. The van der Waals surface area contributed by atoms with Crippen molar-refractivity contribution in [2.45, 2.75) is 0 Å². The predicted octanol–water partition coefficient (Wildman–Crippen LogP) is 4.20. The van der Waals surface area contributed by atoms with Gasteiger partial charge < -0.3 is 10.4 Å². The van der Waals surface area contributed by atoms with Crippen LogP contribution in [-0.2, 0) is 0 Å². The second kappa shape index (κ2) is 5.59. The average molecular weight is 345 g/mol. The lowest BCUT2D eigenvalue weighted by Crippen LogP contribution is -2.12. The van der Waals surface area contributed by atoms with E-state index in [9.17, 15) is 14.3 Å². The number of hydrogen-bond acceptors (Lipinski definition) is 2. The van der Waals surface area contributed by atoms with Crippen molar-refractivity contribution >= 4 is 39.1 Å². The molecule has 0 radical (unpaired) electrons. The van der Waals surface area contributed by atoms with Crippen molar-refractivity contribution in [3.63, 3.8) is 0 Å². The van der Waals surface area contributed by atoms with Crippen LogP contribution in [0.3, 0.4) is 0 Å². The van der Waals surface area contributed by atoms with E-state index in [-0.39, 0.29) is 17.0 Å². The number of anilines is 1. The van der Waals surface area contributed by atoms with Gasteiger partial charge in [0, 0.05) is 10.7 Å². The van der Waals surface area contributed by atoms with Crippen molar-refractivity contribution in [1.29, 1.82) is 0 Å². The van der Waals surface area contributed by atoms with Crippen molar-refractivity contribution in [1.82, 2.24) is 0 Å². The molecule has 0 saturated heterocycles. The van der Waals surface area contributed by atoms with Crippen LogP contribution in [0.15, 0.2) is 40.9 Å². The maximum Gasteiger partial charge on any atom is 0.259 e. The first-order valence-corrected chi connectivity index (χ1v) is 6.39. The van der Waals surface area contributed by atoms with Gasteiger partial charge in [-0.3, -0.25) is 4.79 Å². The molecule has 0 fully saturated rings. The van der Waals surface area contributed by atoms with Crippen LogP contribution in [0, 0.1) is 5.82 Å². The Labute approximate surface area is 122 Å². The molecule has 0 aliphatic carbocycles. The van der Waals surface area contributed by atoms with Crippen LogP contribution in [-0.4, -0.2) is 11.0 Å². The summed E-state index contributed by atoms with van der Waals surface area (Å²) in [6, 6.07) is 8.30. The highest BCUT2D eigenvalue weighted by atomic mass is 79.9. The highest BCUT2D eigenvalue weighted by Crippen LogP contribution is 2.24. The Morgan fingerprint density at radius 1 is 1.26 bits per heavy atom. The molecule has 0 heterocycles. The summed E-state index contributed by atoms with van der Waals surface area (Å²) in [6.07, 6.45) is 0. The van der Waals surface area contributed by atoms with E-state index in [1.54, 1.807) is 0 Å². The maximum atomic E-state index is 13.3. The summed E-state index contributed by atoms with van der Waals surface area (Å²) in [7, 11) is 0. The normalized spacial score (nSPS) is 10.3. The molecule has 0 atom stereocenters. The van der Waals surface area contributed by atoms with Crippen LogP contribution in [0.2, 0.25) is 5.02 Å². The Balaban J connectivity index is 2.25. The second-order valence-electron chi connectivity index (χ2n) is 3.74. The first-order chi connectivity index (χ1) is 8.97. The smallest absolute Gasteiger partial charge is 0.259 e. The number of amides is 1. The Morgan fingerprint density at radius 3 is 2.68 bits per heavy atom. The van der Waals surface area contributed by atoms with Crippen LogP contribution in [0.1, 0.15) is 10.4 Å². The molecule has 98 valence electrons. The van der Waals surface area contributed by atoms with E-state index < -0.39 is 11.7 Å². The van der Waals surface area contributed by atoms with E-state index in [0.717, 1.165) is 0 Å². The number of benzene rings is 2. The largest absolute Gasteiger partial charge is 0.507 e. The molecular formula is C13H8BrClFNO2. The molecule has 0 aromatic heterocycles. The molecule has 6 heteroatoms. The summed E-state index contributed by atoms with van der Waals surface area (Å²) in [5.41, 5.74) is 0.306. The van der Waals surface area contributed by atoms with Gasteiger partial charge in [0.2, 0.25) is 0 Å². The number of hydrogen-bond donors (Lipinski definition) is 2. The van der Waals surface area contributed by atoms with Crippen LogP contribution in [0.4, 0.5) is 10.1 Å². The number of nitrogens with one attached hydrogen (secondary N) is 1. The fourth-order valence-corrected chi connectivity index (χ4v) is 1.88. The number of carbonyl (C=O) groups is 1. The molecule has 2 rings (SSSR count). The quantitative estimate of drug-likeness (QED) is 0.858. The Bertz CT molecular complexity index is 649. The molecule has 2 N–H and O–H groups in total. The first-order valence-electron chi connectivity index (χ1n) is 5.22. The molecule has 3 nitrogen and oxygen atoms in total. The zero-order valence-electron chi connectivity index (χ0n) is 9.45. The van der Waals surface area contributed by atoms with E-state index in [2.05, 4.69) is 21.2 Å². The molecule has 0 aliphatic heterocycles. The van der Waals surface area contributed by atoms with Gasteiger partial charge in [-0.25, -0.2) is 4.39 Å². The van der Waals surface area contributed by atoms with Crippen molar-refractivity contribution < 1.29 is 14.3 Å². The summed E-state index contributed by atoms with van der Waals surface area (Å²) in [4.78, 5) is 11.9. The number of phenols is 1. The Kier molecular flexibility index (Phi) is 4.07. The lowest BCUT2D eigenvalue weighted by Gasteiger charge is -2.07. The first kappa shape index (κ1) is 13.8. The Hall–Kier alpha value is -1.59. The molecule has 0 bridgehead atoms. The van der Waals surface area contributed by atoms with Gasteiger partial charge in [-0.2, -0.15) is 0 Å².